The third-order valence-electron chi connectivity index (χ3n) is 7.37. The van der Waals surface area contributed by atoms with Gasteiger partial charge in [0, 0.05) is 49.5 Å². The minimum Gasteiger partial charge on any atom is -0.495 e. The molecule has 6 rings (SSSR count). The van der Waals surface area contributed by atoms with Gasteiger partial charge >= 0.3 is 0 Å². The van der Waals surface area contributed by atoms with E-state index in [9.17, 15) is 9.83 Å². The number of hydrogen-bond acceptors (Lipinski definition) is 8. The van der Waals surface area contributed by atoms with Crippen LogP contribution in [0.1, 0.15) is 31.2 Å². The Hall–Kier alpha value is -3.08. The van der Waals surface area contributed by atoms with E-state index in [1.54, 1.807) is 13.3 Å². The molecule has 1 saturated heterocycles. The van der Waals surface area contributed by atoms with E-state index in [2.05, 4.69) is 36.6 Å². The van der Waals surface area contributed by atoms with Crippen molar-refractivity contribution in [3.63, 3.8) is 0 Å². The molecule has 2 aliphatic carbocycles. The Labute approximate surface area is 204 Å². The van der Waals surface area contributed by atoms with Gasteiger partial charge in [0.1, 0.15) is 30.4 Å². The number of nitriles is 1. The summed E-state index contributed by atoms with van der Waals surface area (Å²) in [6.07, 6.45) is 8.11. The quantitative estimate of drug-likeness (QED) is 0.407. The van der Waals surface area contributed by atoms with Crippen molar-refractivity contribution in [2.24, 2.45) is 5.92 Å². The van der Waals surface area contributed by atoms with E-state index in [1.165, 1.54) is 25.7 Å². The molecule has 9 nitrogen and oxygen atoms in total. The molecule has 1 aromatic carbocycles. The average molecular weight is 492 g/mol. The van der Waals surface area contributed by atoms with Crippen molar-refractivity contribution in [3.05, 3.63) is 30.0 Å². The van der Waals surface area contributed by atoms with Crippen LogP contribution in [0.15, 0.2) is 24.4 Å². The largest absolute Gasteiger partial charge is 0.495 e. The number of methoxy groups -OCH3 is 1. The van der Waals surface area contributed by atoms with Crippen molar-refractivity contribution in [2.45, 2.75) is 31.7 Å². The Morgan fingerprint density at radius 2 is 2.03 bits per heavy atom. The molecular formula is C25H30N7O2P. The summed E-state index contributed by atoms with van der Waals surface area (Å²) in [6, 6.07) is 8.69. The maximum Gasteiger partial charge on any atom is 0.231 e. The summed E-state index contributed by atoms with van der Waals surface area (Å²) in [5, 5.41) is 17.8. The number of benzene rings is 1. The number of aromatic nitrogens is 3. The van der Waals surface area contributed by atoms with Crippen LogP contribution in [0.4, 0.5) is 17.5 Å². The van der Waals surface area contributed by atoms with Crippen LogP contribution in [0.3, 0.4) is 0 Å². The molecule has 0 unspecified atom stereocenters. The number of hydrogen-bond donors (Lipinski definition) is 3. The van der Waals surface area contributed by atoms with Gasteiger partial charge < -0.3 is 24.9 Å². The maximum atomic E-state index is 13.7. The monoisotopic (exact) mass is 491 g/mol. The molecular weight excluding hydrogens is 461 g/mol. The van der Waals surface area contributed by atoms with E-state index < -0.39 is 7.14 Å². The highest BCUT2D eigenvalue weighted by molar-refractivity contribution is 7.71. The smallest absolute Gasteiger partial charge is 0.231 e. The molecule has 0 bridgehead atoms. The van der Waals surface area contributed by atoms with Gasteiger partial charge in [-0.1, -0.05) is 0 Å². The molecule has 3 heterocycles. The summed E-state index contributed by atoms with van der Waals surface area (Å²) in [7, 11) is -0.820. The van der Waals surface area contributed by atoms with Gasteiger partial charge in [-0.25, -0.2) is 0 Å². The first-order valence-corrected chi connectivity index (χ1v) is 14.4. The van der Waals surface area contributed by atoms with Gasteiger partial charge in [-0.15, -0.1) is 0 Å². The van der Waals surface area contributed by atoms with E-state index in [0.717, 1.165) is 43.3 Å². The van der Waals surface area contributed by atoms with Crippen molar-refractivity contribution < 1.29 is 9.30 Å². The summed E-state index contributed by atoms with van der Waals surface area (Å²) < 4.78 is 19.4. The maximum absolute atomic E-state index is 13.7. The molecule has 3 N–H and O–H groups in total. The van der Waals surface area contributed by atoms with Crippen LogP contribution in [0.5, 0.6) is 5.75 Å². The van der Waals surface area contributed by atoms with Gasteiger partial charge in [0.2, 0.25) is 5.95 Å². The predicted octanol–water partition coefficient (Wildman–Crippen LogP) is 3.87. The van der Waals surface area contributed by atoms with Crippen molar-refractivity contribution in [1.82, 2.24) is 19.9 Å². The van der Waals surface area contributed by atoms with E-state index in [-0.39, 0.29) is 0 Å². The first-order valence-electron chi connectivity index (χ1n) is 12.4. The van der Waals surface area contributed by atoms with Gasteiger partial charge in [0.25, 0.3) is 0 Å². The Bertz CT molecular complexity index is 1340. The van der Waals surface area contributed by atoms with Crippen molar-refractivity contribution in [2.75, 3.05) is 49.7 Å². The number of anilines is 3. The highest BCUT2D eigenvalue weighted by Crippen LogP contribution is 2.49. The number of nitrogens with one attached hydrogen (secondary N) is 3. The second kappa shape index (κ2) is 8.85. The topological polar surface area (TPSA) is 119 Å². The van der Waals surface area contributed by atoms with Gasteiger partial charge in [-0.05, 0) is 49.8 Å². The fourth-order valence-electron chi connectivity index (χ4n) is 4.89. The van der Waals surface area contributed by atoms with Crippen LogP contribution in [0.25, 0.3) is 11.0 Å². The number of ether oxygens (including phenoxy) is 1. The minimum atomic E-state index is -2.44. The Morgan fingerprint density at radius 1 is 1.23 bits per heavy atom. The number of nitrogens with zero attached hydrogens (tertiary/aromatic N) is 4. The van der Waals surface area contributed by atoms with Gasteiger partial charge in [0.15, 0.2) is 0 Å². The third kappa shape index (κ3) is 4.49. The Kier molecular flexibility index (Phi) is 5.66. The molecule has 3 fully saturated rings. The summed E-state index contributed by atoms with van der Waals surface area (Å²) >= 11 is 0. The molecule has 35 heavy (non-hydrogen) atoms. The average Bonchev–Trinajstić information content (AvgIpc) is 3.81. The molecule has 0 spiro atoms. The van der Waals surface area contributed by atoms with Crippen LogP contribution in [0.2, 0.25) is 0 Å². The second-order valence-electron chi connectivity index (χ2n) is 9.87. The fourth-order valence-corrected chi connectivity index (χ4v) is 7.49. The second-order valence-corrected chi connectivity index (χ2v) is 13.1. The highest BCUT2D eigenvalue weighted by Gasteiger charge is 2.37. The van der Waals surface area contributed by atoms with Crippen LogP contribution in [-0.2, 0) is 4.57 Å². The Morgan fingerprint density at radius 3 is 2.71 bits per heavy atom. The molecule has 182 valence electrons. The van der Waals surface area contributed by atoms with Gasteiger partial charge in [-0.2, -0.15) is 15.2 Å². The zero-order valence-electron chi connectivity index (χ0n) is 19.9. The van der Waals surface area contributed by atoms with Crippen LogP contribution >= 0.6 is 7.14 Å². The third-order valence-corrected chi connectivity index (χ3v) is 10.4. The highest BCUT2D eigenvalue weighted by atomic mass is 31.2. The number of H-pyrrole nitrogens is 1. The zero-order chi connectivity index (χ0) is 24.0. The zero-order valence-corrected chi connectivity index (χ0v) is 20.8. The first-order chi connectivity index (χ1) is 17.1. The summed E-state index contributed by atoms with van der Waals surface area (Å²) in [4.78, 5) is 14.9. The van der Waals surface area contributed by atoms with Crippen molar-refractivity contribution >= 4 is 40.9 Å². The molecule has 0 radical (unpaired) electrons. The molecule has 1 aliphatic heterocycles. The predicted molar refractivity (Wildman–Crippen MR) is 138 cm³/mol. The number of rotatable bonds is 8. The van der Waals surface area contributed by atoms with E-state index in [1.807, 2.05) is 18.2 Å². The summed E-state index contributed by atoms with van der Waals surface area (Å²) in [5.41, 5.74) is 1.82. The first kappa shape index (κ1) is 22.4. The summed E-state index contributed by atoms with van der Waals surface area (Å²) in [6.45, 7) is 2.65. The number of fused-ring (bicyclic) bond motifs is 1. The van der Waals surface area contributed by atoms with Crippen molar-refractivity contribution in [1.29, 1.82) is 5.26 Å². The SMILES string of the molecule is COc1cc(P2(=O)CCN(C3CC3)CC2)ccc1Nc1nc(NCC2CC2)c2c(C#N)c[nH]c2n1. The molecule has 0 atom stereocenters. The minimum absolute atomic E-state index is 0.401. The lowest BCUT2D eigenvalue weighted by Crippen LogP contribution is -2.38. The molecule has 3 aliphatic rings. The molecule has 0 amide bonds. The summed E-state index contributed by atoms with van der Waals surface area (Å²) in [5.74, 6) is 2.32. The molecule has 3 aromatic rings. The van der Waals surface area contributed by atoms with E-state index in [4.69, 9.17) is 4.74 Å². The van der Waals surface area contributed by atoms with Crippen LogP contribution in [0, 0.1) is 17.2 Å². The molecule has 10 heteroatoms. The molecule has 2 aromatic heterocycles. The number of aromatic amines is 1. The van der Waals surface area contributed by atoms with Crippen LogP contribution < -0.4 is 20.7 Å². The van der Waals surface area contributed by atoms with Gasteiger partial charge in [0.05, 0.1) is 23.7 Å². The van der Waals surface area contributed by atoms with Gasteiger partial charge in [-0.3, -0.25) is 4.90 Å². The lowest BCUT2D eigenvalue weighted by molar-refractivity contribution is 0.285. The molecule has 2 saturated carbocycles. The van der Waals surface area contributed by atoms with Crippen molar-refractivity contribution in [3.8, 4) is 11.8 Å². The van der Waals surface area contributed by atoms with E-state index >= 15 is 0 Å². The van der Waals surface area contributed by atoms with Crippen LogP contribution in [-0.4, -0.2) is 65.0 Å². The lowest BCUT2D eigenvalue weighted by atomic mass is 10.2. The standard InChI is InChI=1S/C25H30N7O2P/c1-34-21-12-19(35(33)10-8-32(9-11-35)18-4-5-18)6-7-20(21)29-25-30-23(27-14-16-2-3-16)22-17(13-26)15-28-24(22)31-25/h6-7,12,15-16,18H,2-5,8-11,14H2,1H3,(H3,27,28,29,30,31). The Balaban J connectivity index is 1.26. The normalized spacial score (nSPS) is 19.9. The van der Waals surface area contributed by atoms with E-state index in [0.29, 0.717) is 45.7 Å². The fraction of sp³-hybridized carbons (Fsp3) is 0.480. The lowest BCUT2D eigenvalue weighted by Gasteiger charge is -2.32.